The number of rotatable bonds is 5. The van der Waals surface area contributed by atoms with Crippen LogP contribution < -0.4 is 10.1 Å². The number of nitrogens with zero attached hydrogens (tertiary/aromatic N) is 5. The smallest absolute Gasteiger partial charge is 0.417 e. The van der Waals surface area contributed by atoms with E-state index in [0.717, 1.165) is 11.6 Å². The predicted molar refractivity (Wildman–Crippen MR) is 126 cm³/mol. The maximum Gasteiger partial charge on any atom is 0.417 e. The number of halogens is 4. The van der Waals surface area contributed by atoms with E-state index in [4.69, 9.17) is 16.3 Å². The summed E-state index contributed by atoms with van der Waals surface area (Å²) in [4.78, 5) is 8.72. The molecule has 0 atom stereocenters. The van der Waals surface area contributed by atoms with Crippen LogP contribution in [0.2, 0.25) is 5.02 Å². The van der Waals surface area contributed by atoms with Gasteiger partial charge in [-0.15, -0.1) is 5.10 Å². The summed E-state index contributed by atoms with van der Waals surface area (Å²) in [5.41, 5.74) is 2.55. The van der Waals surface area contributed by atoms with Crippen molar-refractivity contribution in [1.82, 2.24) is 24.8 Å². The highest BCUT2D eigenvalue weighted by atomic mass is 35.5. The Balaban J connectivity index is 1.58. The van der Waals surface area contributed by atoms with E-state index in [9.17, 15) is 13.2 Å². The molecule has 0 aliphatic rings. The van der Waals surface area contributed by atoms with Gasteiger partial charge in [0.25, 0.3) is 0 Å². The van der Waals surface area contributed by atoms with Crippen LogP contribution in [-0.4, -0.2) is 31.9 Å². The zero-order valence-corrected chi connectivity index (χ0v) is 18.8. The van der Waals surface area contributed by atoms with E-state index in [-0.39, 0.29) is 16.7 Å². The Labute approximate surface area is 202 Å². The molecular formula is C24H16ClF3N6O. The summed E-state index contributed by atoms with van der Waals surface area (Å²) < 4.78 is 46.5. The molecule has 0 fully saturated rings. The van der Waals surface area contributed by atoms with E-state index in [1.54, 1.807) is 25.4 Å². The molecule has 0 saturated carbocycles. The van der Waals surface area contributed by atoms with Crippen molar-refractivity contribution in [2.45, 2.75) is 6.18 Å². The van der Waals surface area contributed by atoms with Gasteiger partial charge in [0.2, 0.25) is 5.95 Å². The molecule has 0 aliphatic carbocycles. The molecule has 5 rings (SSSR count). The molecule has 0 spiro atoms. The molecule has 0 unspecified atom stereocenters. The third kappa shape index (κ3) is 4.47. The van der Waals surface area contributed by atoms with Crippen molar-refractivity contribution >= 4 is 28.8 Å². The van der Waals surface area contributed by atoms with Gasteiger partial charge in [0.15, 0.2) is 0 Å². The first-order valence-corrected chi connectivity index (χ1v) is 10.7. The zero-order valence-electron chi connectivity index (χ0n) is 18.1. The van der Waals surface area contributed by atoms with Gasteiger partial charge in [-0.3, -0.25) is 0 Å². The van der Waals surface area contributed by atoms with Crippen LogP contribution in [0, 0.1) is 0 Å². The summed E-state index contributed by atoms with van der Waals surface area (Å²) in [7, 11) is 1.59. The summed E-state index contributed by atoms with van der Waals surface area (Å²) in [5.74, 6) is 0.814. The van der Waals surface area contributed by atoms with Crippen LogP contribution in [0.15, 0.2) is 73.1 Å². The molecule has 5 aromatic rings. The molecule has 3 aromatic heterocycles. The molecule has 0 amide bonds. The van der Waals surface area contributed by atoms with Gasteiger partial charge >= 0.3 is 6.18 Å². The van der Waals surface area contributed by atoms with E-state index >= 15 is 0 Å². The largest absolute Gasteiger partial charge is 0.497 e. The number of hydrogen-bond acceptors (Lipinski definition) is 6. The lowest BCUT2D eigenvalue weighted by Crippen LogP contribution is -2.07. The van der Waals surface area contributed by atoms with Crippen LogP contribution in [0.4, 0.5) is 24.8 Å². The Hall–Kier alpha value is -4.18. The zero-order chi connectivity index (χ0) is 24.6. The molecule has 176 valence electrons. The second kappa shape index (κ2) is 8.88. The molecule has 7 nitrogen and oxygen atoms in total. The fraction of sp³-hybridized carbons (Fsp3) is 0.0833. The summed E-state index contributed by atoms with van der Waals surface area (Å²) in [6.07, 6.45) is -1.45. The maximum absolute atomic E-state index is 13.3. The number of hydrogen-bond donors (Lipinski definition) is 1. The SMILES string of the molecule is COc1ccc(-c2nn3ncccc3c2-c2ccnc(Nc3ccc(Cl)c(C(F)(F)F)c3)n2)cc1. The topological polar surface area (TPSA) is 77.2 Å². The van der Waals surface area contributed by atoms with Crippen LogP contribution >= 0.6 is 11.6 Å². The summed E-state index contributed by atoms with van der Waals surface area (Å²) in [5, 5.41) is 11.3. The van der Waals surface area contributed by atoms with E-state index in [1.165, 1.54) is 23.0 Å². The Morgan fingerprint density at radius 2 is 1.80 bits per heavy atom. The van der Waals surface area contributed by atoms with Gasteiger partial charge < -0.3 is 10.1 Å². The number of nitrogens with one attached hydrogen (secondary N) is 1. The summed E-state index contributed by atoms with van der Waals surface area (Å²) >= 11 is 5.72. The van der Waals surface area contributed by atoms with E-state index in [2.05, 4.69) is 25.5 Å². The quantitative estimate of drug-likeness (QED) is 0.309. The van der Waals surface area contributed by atoms with Gasteiger partial charge in [-0.2, -0.15) is 22.9 Å². The Bertz CT molecular complexity index is 1520. The maximum atomic E-state index is 13.3. The molecular weight excluding hydrogens is 481 g/mol. The highest BCUT2D eigenvalue weighted by Gasteiger charge is 2.33. The highest BCUT2D eigenvalue weighted by Crippen LogP contribution is 2.37. The molecule has 35 heavy (non-hydrogen) atoms. The van der Waals surface area contributed by atoms with Crippen molar-refractivity contribution in [3.05, 3.63) is 83.6 Å². The van der Waals surface area contributed by atoms with Crippen LogP contribution in [-0.2, 0) is 6.18 Å². The van der Waals surface area contributed by atoms with Crippen molar-refractivity contribution in [3.8, 4) is 28.3 Å². The van der Waals surface area contributed by atoms with Gasteiger partial charge in [0, 0.05) is 23.6 Å². The Morgan fingerprint density at radius 3 is 2.54 bits per heavy atom. The van der Waals surface area contributed by atoms with Gasteiger partial charge in [-0.25, -0.2) is 9.97 Å². The molecule has 0 saturated heterocycles. The fourth-order valence-electron chi connectivity index (χ4n) is 3.60. The number of ether oxygens (including phenoxy) is 1. The second-order valence-electron chi connectivity index (χ2n) is 7.43. The highest BCUT2D eigenvalue weighted by molar-refractivity contribution is 6.31. The van der Waals surface area contributed by atoms with Crippen molar-refractivity contribution in [1.29, 1.82) is 0 Å². The lowest BCUT2D eigenvalue weighted by atomic mass is 10.0. The van der Waals surface area contributed by atoms with Crippen LogP contribution in [0.25, 0.3) is 28.0 Å². The summed E-state index contributed by atoms with van der Waals surface area (Å²) in [6, 6.07) is 16.2. The van der Waals surface area contributed by atoms with E-state index in [0.29, 0.717) is 28.2 Å². The predicted octanol–water partition coefficient (Wildman–Crippen LogP) is 6.28. The minimum atomic E-state index is -4.59. The lowest BCUT2D eigenvalue weighted by Gasteiger charge is -2.12. The Morgan fingerprint density at radius 1 is 1.00 bits per heavy atom. The standard InChI is InChI=1S/C24H16ClF3N6O/c1-35-16-7-4-14(5-8-16)22-21(20-3-2-11-30-34(20)33-22)19-10-12-29-23(32-19)31-15-6-9-18(25)17(13-15)24(26,27)28/h2-13H,1H3,(H,29,31,32). The van der Waals surface area contributed by atoms with Crippen molar-refractivity contribution in [3.63, 3.8) is 0 Å². The molecule has 3 heterocycles. The van der Waals surface area contributed by atoms with Crippen molar-refractivity contribution in [2.75, 3.05) is 12.4 Å². The third-order valence-electron chi connectivity index (χ3n) is 5.22. The number of aromatic nitrogens is 5. The van der Waals surface area contributed by atoms with Crippen molar-refractivity contribution < 1.29 is 17.9 Å². The van der Waals surface area contributed by atoms with Crippen molar-refractivity contribution in [2.24, 2.45) is 0 Å². The fourth-order valence-corrected chi connectivity index (χ4v) is 3.83. The molecule has 1 N–H and O–H groups in total. The second-order valence-corrected chi connectivity index (χ2v) is 7.84. The first-order valence-electron chi connectivity index (χ1n) is 10.3. The van der Waals surface area contributed by atoms with Crippen LogP contribution in [0.3, 0.4) is 0 Å². The number of alkyl halides is 3. The number of benzene rings is 2. The molecule has 11 heteroatoms. The normalized spacial score (nSPS) is 11.6. The van der Waals surface area contributed by atoms with Gasteiger partial charge in [-0.1, -0.05) is 11.6 Å². The third-order valence-corrected chi connectivity index (χ3v) is 5.55. The van der Waals surface area contributed by atoms with E-state index in [1.807, 2.05) is 30.3 Å². The average Bonchev–Trinajstić information content (AvgIpc) is 3.24. The summed E-state index contributed by atoms with van der Waals surface area (Å²) in [6.45, 7) is 0. The number of methoxy groups -OCH3 is 1. The minimum absolute atomic E-state index is 0.113. The molecule has 0 radical (unpaired) electrons. The number of fused-ring (bicyclic) bond motifs is 1. The lowest BCUT2D eigenvalue weighted by molar-refractivity contribution is -0.137. The molecule has 0 aliphatic heterocycles. The first kappa shape index (κ1) is 22.6. The van der Waals surface area contributed by atoms with Crippen LogP contribution in [0.1, 0.15) is 5.56 Å². The number of anilines is 2. The van der Waals surface area contributed by atoms with Crippen LogP contribution in [0.5, 0.6) is 5.75 Å². The van der Waals surface area contributed by atoms with E-state index < -0.39 is 11.7 Å². The average molecular weight is 497 g/mol. The minimum Gasteiger partial charge on any atom is -0.497 e. The van der Waals surface area contributed by atoms with Gasteiger partial charge in [0.1, 0.15) is 11.4 Å². The monoisotopic (exact) mass is 496 g/mol. The van der Waals surface area contributed by atoms with Gasteiger partial charge in [0.05, 0.1) is 34.5 Å². The first-order chi connectivity index (χ1) is 16.8. The molecule has 2 aromatic carbocycles. The Kier molecular flexibility index (Phi) is 5.73. The molecule has 0 bridgehead atoms. The van der Waals surface area contributed by atoms with Gasteiger partial charge in [-0.05, 0) is 60.7 Å².